The van der Waals surface area contributed by atoms with Crippen molar-refractivity contribution in [1.29, 1.82) is 0 Å². The van der Waals surface area contributed by atoms with Gasteiger partial charge in [-0.25, -0.2) is 0 Å². The maximum Gasteiger partial charge on any atom is 0.0695 e. The molecule has 0 saturated heterocycles. The van der Waals surface area contributed by atoms with E-state index in [4.69, 9.17) is 0 Å². The Morgan fingerprint density at radius 2 is 2.22 bits per heavy atom. The molecule has 2 rings (SSSR count). The summed E-state index contributed by atoms with van der Waals surface area (Å²) in [6, 6.07) is 6.23. The third kappa shape index (κ3) is 3.30. The van der Waals surface area contributed by atoms with Crippen molar-refractivity contribution < 1.29 is 5.11 Å². The zero-order chi connectivity index (χ0) is 13.2. The second-order valence-electron chi connectivity index (χ2n) is 6.28. The molecule has 1 saturated carbocycles. The van der Waals surface area contributed by atoms with E-state index >= 15 is 0 Å². The van der Waals surface area contributed by atoms with Gasteiger partial charge in [0.1, 0.15) is 0 Å². The van der Waals surface area contributed by atoms with Crippen molar-refractivity contribution in [2.24, 2.45) is 5.41 Å². The van der Waals surface area contributed by atoms with E-state index in [9.17, 15) is 5.11 Å². The minimum absolute atomic E-state index is 0.202. The summed E-state index contributed by atoms with van der Waals surface area (Å²) in [7, 11) is 2.09. The van der Waals surface area contributed by atoms with Gasteiger partial charge < -0.3 is 5.11 Å². The van der Waals surface area contributed by atoms with Gasteiger partial charge in [-0.2, -0.15) is 0 Å². The van der Waals surface area contributed by atoms with Crippen LogP contribution in [-0.2, 0) is 6.54 Å². The van der Waals surface area contributed by atoms with Crippen molar-refractivity contribution in [3.8, 4) is 0 Å². The number of aromatic nitrogens is 1. The van der Waals surface area contributed by atoms with Crippen molar-refractivity contribution in [3.63, 3.8) is 0 Å². The Morgan fingerprint density at radius 3 is 2.89 bits per heavy atom. The molecule has 0 amide bonds. The monoisotopic (exact) mass is 248 g/mol. The molecular formula is C15H24N2O. The van der Waals surface area contributed by atoms with E-state index < -0.39 is 0 Å². The molecule has 0 aromatic carbocycles. The highest BCUT2D eigenvalue weighted by Gasteiger charge is 2.35. The quantitative estimate of drug-likeness (QED) is 0.892. The highest BCUT2D eigenvalue weighted by atomic mass is 16.3. The topological polar surface area (TPSA) is 36.4 Å². The normalized spacial score (nSPS) is 27.4. The molecule has 100 valence electrons. The Balaban J connectivity index is 2.01. The second kappa shape index (κ2) is 5.37. The van der Waals surface area contributed by atoms with Crippen molar-refractivity contribution in [1.82, 2.24) is 9.88 Å². The van der Waals surface area contributed by atoms with E-state index in [0.29, 0.717) is 5.41 Å². The van der Waals surface area contributed by atoms with E-state index in [-0.39, 0.29) is 12.1 Å². The highest BCUT2D eigenvalue weighted by molar-refractivity contribution is 5.04. The molecule has 2 atom stereocenters. The summed E-state index contributed by atoms with van der Waals surface area (Å²) in [6.45, 7) is 5.39. The molecule has 1 aromatic rings. The molecule has 0 aliphatic heterocycles. The van der Waals surface area contributed by atoms with Gasteiger partial charge in [0.05, 0.1) is 11.8 Å². The van der Waals surface area contributed by atoms with Gasteiger partial charge in [-0.05, 0) is 43.9 Å². The van der Waals surface area contributed by atoms with Crippen LogP contribution in [0.5, 0.6) is 0 Å². The minimum Gasteiger partial charge on any atom is -0.391 e. The standard InChI is InChI=1S/C15H24N2O/c1-15(2)8-7-14(18)13(10-15)17(3)11-12-6-4-5-9-16-12/h4-6,9,13-14,18H,7-8,10-11H2,1-3H3. The van der Waals surface area contributed by atoms with Crippen molar-refractivity contribution >= 4 is 0 Å². The predicted octanol–water partition coefficient (Wildman–Crippen LogP) is 2.45. The second-order valence-corrected chi connectivity index (χ2v) is 6.28. The fourth-order valence-electron chi connectivity index (χ4n) is 2.85. The van der Waals surface area contributed by atoms with Crippen LogP contribution in [-0.4, -0.2) is 34.2 Å². The molecule has 1 heterocycles. The van der Waals surface area contributed by atoms with Gasteiger partial charge in [-0.1, -0.05) is 19.9 Å². The third-order valence-corrected chi connectivity index (χ3v) is 4.03. The van der Waals surface area contributed by atoms with Crippen LogP contribution < -0.4 is 0 Å². The summed E-state index contributed by atoms with van der Waals surface area (Å²) in [5.74, 6) is 0. The summed E-state index contributed by atoms with van der Waals surface area (Å²) in [6.07, 6.45) is 4.69. The zero-order valence-electron chi connectivity index (χ0n) is 11.6. The highest BCUT2D eigenvalue weighted by Crippen LogP contribution is 2.37. The lowest BCUT2D eigenvalue weighted by molar-refractivity contribution is -0.0105. The van der Waals surface area contributed by atoms with Crippen molar-refractivity contribution in [2.45, 2.75) is 51.8 Å². The molecule has 1 aliphatic carbocycles. The van der Waals surface area contributed by atoms with Gasteiger partial charge in [0, 0.05) is 18.8 Å². The first-order valence-corrected chi connectivity index (χ1v) is 6.76. The van der Waals surface area contributed by atoms with Crippen molar-refractivity contribution in [2.75, 3.05) is 7.05 Å². The van der Waals surface area contributed by atoms with Crippen LogP contribution >= 0.6 is 0 Å². The summed E-state index contributed by atoms with van der Waals surface area (Å²) >= 11 is 0. The van der Waals surface area contributed by atoms with Gasteiger partial charge in [0.2, 0.25) is 0 Å². The average Bonchev–Trinajstić information content (AvgIpc) is 2.33. The molecule has 1 fully saturated rings. The molecule has 1 N–H and O–H groups in total. The lowest BCUT2D eigenvalue weighted by Gasteiger charge is -2.42. The third-order valence-electron chi connectivity index (χ3n) is 4.03. The van der Waals surface area contributed by atoms with Crippen molar-refractivity contribution in [3.05, 3.63) is 30.1 Å². The molecular weight excluding hydrogens is 224 g/mol. The number of pyridine rings is 1. The van der Waals surface area contributed by atoms with Gasteiger partial charge >= 0.3 is 0 Å². The maximum absolute atomic E-state index is 10.2. The van der Waals surface area contributed by atoms with E-state index in [0.717, 1.165) is 31.5 Å². The van der Waals surface area contributed by atoms with Crippen LogP contribution in [0.1, 0.15) is 38.8 Å². The predicted molar refractivity (Wildman–Crippen MR) is 73.1 cm³/mol. The minimum atomic E-state index is -0.202. The van der Waals surface area contributed by atoms with Crippen LogP contribution in [0.25, 0.3) is 0 Å². The van der Waals surface area contributed by atoms with E-state index in [1.54, 1.807) is 0 Å². The zero-order valence-corrected chi connectivity index (χ0v) is 11.6. The Labute approximate surface area is 110 Å². The molecule has 3 nitrogen and oxygen atoms in total. The molecule has 1 aliphatic rings. The van der Waals surface area contributed by atoms with E-state index in [1.165, 1.54) is 0 Å². The first-order valence-electron chi connectivity index (χ1n) is 6.76. The van der Waals surface area contributed by atoms with Gasteiger partial charge in [-0.15, -0.1) is 0 Å². The Bertz CT molecular complexity index is 377. The number of aliphatic hydroxyl groups is 1. The molecule has 2 unspecified atom stereocenters. The average molecular weight is 248 g/mol. The van der Waals surface area contributed by atoms with Gasteiger partial charge in [0.15, 0.2) is 0 Å². The molecule has 0 bridgehead atoms. The van der Waals surface area contributed by atoms with Crippen LogP contribution in [0.2, 0.25) is 0 Å². The molecule has 3 heteroatoms. The Kier molecular flexibility index (Phi) is 4.03. The smallest absolute Gasteiger partial charge is 0.0695 e. The summed E-state index contributed by atoms with van der Waals surface area (Å²) in [5.41, 5.74) is 1.40. The van der Waals surface area contributed by atoms with Gasteiger partial charge in [0.25, 0.3) is 0 Å². The van der Waals surface area contributed by atoms with E-state index in [1.807, 2.05) is 24.4 Å². The largest absolute Gasteiger partial charge is 0.391 e. The first-order chi connectivity index (χ1) is 8.48. The molecule has 0 radical (unpaired) electrons. The number of hydrogen-bond donors (Lipinski definition) is 1. The molecule has 18 heavy (non-hydrogen) atoms. The number of aliphatic hydroxyl groups excluding tert-OH is 1. The summed E-state index contributed by atoms with van der Waals surface area (Å²) in [5, 5.41) is 10.2. The van der Waals surface area contributed by atoms with Crippen LogP contribution in [0, 0.1) is 5.41 Å². The van der Waals surface area contributed by atoms with Crippen LogP contribution in [0.4, 0.5) is 0 Å². The maximum atomic E-state index is 10.2. The Hall–Kier alpha value is -0.930. The first kappa shape index (κ1) is 13.5. The SMILES string of the molecule is CN(Cc1ccccn1)C1CC(C)(C)CCC1O. The lowest BCUT2D eigenvalue weighted by Crippen LogP contribution is -2.47. The van der Waals surface area contributed by atoms with Gasteiger partial charge in [-0.3, -0.25) is 9.88 Å². The van der Waals surface area contributed by atoms with E-state index in [2.05, 4.69) is 30.8 Å². The number of likely N-dealkylation sites (N-methyl/N-ethyl adjacent to an activating group) is 1. The van der Waals surface area contributed by atoms with Crippen LogP contribution in [0.15, 0.2) is 24.4 Å². The lowest BCUT2D eigenvalue weighted by atomic mass is 9.73. The summed E-state index contributed by atoms with van der Waals surface area (Å²) in [4.78, 5) is 6.60. The number of nitrogens with zero attached hydrogens (tertiary/aromatic N) is 2. The van der Waals surface area contributed by atoms with Crippen LogP contribution in [0.3, 0.4) is 0 Å². The summed E-state index contributed by atoms with van der Waals surface area (Å²) < 4.78 is 0. The number of hydrogen-bond acceptors (Lipinski definition) is 3. The molecule has 0 spiro atoms. The fourth-order valence-corrected chi connectivity index (χ4v) is 2.85. The fraction of sp³-hybridized carbons (Fsp3) is 0.667. The number of rotatable bonds is 3. The molecule has 1 aromatic heterocycles. The Morgan fingerprint density at radius 1 is 1.44 bits per heavy atom.